The van der Waals surface area contributed by atoms with Crippen LogP contribution < -0.4 is 19.9 Å². The molecule has 0 aliphatic carbocycles. The lowest BCUT2D eigenvalue weighted by Crippen LogP contribution is -2.50. The van der Waals surface area contributed by atoms with Gasteiger partial charge in [0.25, 0.3) is 11.8 Å². The molecule has 0 spiro atoms. The van der Waals surface area contributed by atoms with Crippen molar-refractivity contribution in [1.29, 1.82) is 0 Å². The van der Waals surface area contributed by atoms with Crippen LogP contribution in [0.5, 0.6) is 5.75 Å². The van der Waals surface area contributed by atoms with E-state index >= 15 is 0 Å². The molecule has 6 rings (SSSR count). The minimum atomic E-state index is -0.330. The Morgan fingerprint density at radius 2 is 1.50 bits per heavy atom. The SMILES string of the molecule is COc1cc(C(=O)N2CCC(=O)N(CC(=O)N3CCN(C)CC3)c3ccccc32)ccc1NC(=O)c1ccccc1-c1ccc(C)cc1. The summed E-state index contributed by atoms with van der Waals surface area (Å²) in [6.45, 7) is 4.86. The van der Waals surface area contributed by atoms with Gasteiger partial charge in [-0.2, -0.15) is 0 Å². The Morgan fingerprint density at radius 3 is 2.23 bits per heavy atom. The fourth-order valence-corrected chi connectivity index (χ4v) is 6.13. The summed E-state index contributed by atoms with van der Waals surface area (Å²) in [4.78, 5) is 61.2. The molecule has 0 atom stereocenters. The van der Waals surface area contributed by atoms with Gasteiger partial charge in [-0.05, 0) is 61.5 Å². The van der Waals surface area contributed by atoms with Crippen LogP contribution in [0.15, 0.2) is 91.0 Å². The second-order valence-corrected chi connectivity index (χ2v) is 12.1. The third-order valence-electron chi connectivity index (χ3n) is 8.94. The zero-order chi connectivity index (χ0) is 33.8. The summed E-state index contributed by atoms with van der Waals surface area (Å²) in [6.07, 6.45) is 0.0576. The average molecular weight is 646 g/mol. The molecule has 2 aliphatic heterocycles. The molecule has 0 unspecified atom stereocenters. The van der Waals surface area contributed by atoms with Crippen molar-refractivity contribution in [2.24, 2.45) is 0 Å². The standard InChI is InChI=1S/C38H39N5O5/c1-26-12-14-27(15-13-26)29-8-4-5-9-30(29)37(46)39-31-17-16-28(24-34(31)48-3)38(47)42-19-18-35(44)43(33-11-7-6-10-32(33)42)25-36(45)41-22-20-40(2)21-23-41/h4-17,24H,18-23,25H2,1-3H3,(H,39,46). The Bertz CT molecular complexity index is 1850. The minimum Gasteiger partial charge on any atom is -0.495 e. The molecule has 0 bridgehead atoms. The van der Waals surface area contributed by atoms with E-state index in [-0.39, 0.29) is 43.1 Å². The van der Waals surface area contributed by atoms with Crippen LogP contribution in [-0.4, -0.2) is 86.9 Å². The number of fused-ring (bicyclic) bond motifs is 1. The third kappa shape index (κ3) is 6.79. The van der Waals surface area contributed by atoms with Crippen LogP contribution in [0.4, 0.5) is 17.1 Å². The van der Waals surface area contributed by atoms with Crippen LogP contribution >= 0.6 is 0 Å². The molecule has 0 aromatic heterocycles. The molecular weight excluding hydrogens is 606 g/mol. The molecule has 10 heteroatoms. The lowest BCUT2D eigenvalue weighted by atomic mass is 9.98. The lowest BCUT2D eigenvalue weighted by Gasteiger charge is -2.34. The topological polar surface area (TPSA) is 102 Å². The van der Waals surface area contributed by atoms with Crippen molar-refractivity contribution in [2.45, 2.75) is 13.3 Å². The highest BCUT2D eigenvalue weighted by Gasteiger charge is 2.32. The fourth-order valence-electron chi connectivity index (χ4n) is 6.13. The number of ether oxygens (including phenoxy) is 1. The van der Waals surface area contributed by atoms with Gasteiger partial charge in [0.1, 0.15) is 12.3 Å². The van der Waals surface area contributed by atoms with Crippen molar-refractivity contribution in [3.63, 3.8) is 0 Å². The predicted molar refractivity (Wildman–Crippen MR) is 187 cm³/mol. The van der Waals surface area contributed by atoms with Gasteiger partial charge in [0.2, 0.25) is 11.8 Å². The van der Waals surface area contributed by atoms with Gasteiger partial charge in [0.05, 0.1) is 24.2 Å². The molecule has 1 saturated heterocycles. The molecule has 4 aromatic carbocycles. The van der Waals surface area contributed by atoms with E-state index in [1.807, 2.05) is 62.5 Å². The Hall–Kier alpha value is -5.48. The van der Waals surface area contributed by atoms with E-state index in [9.17, 15) is 19.2 Å². The smallest absolute Gasteiger partial charge is 0.258 e. The van der Waals surface area contributed by atoms with Crippen LogP contribution in [0.2, 0.25) is 0 Å². The number of benzene rings is 4. The van der Waals surface area contributed by atoms with Crippen LogP contribution in [0.3, 0.4) is 0 Å². The monoisotopic (exact) mass is 645 g/mol. The minimum absolute atomic E-state index is 0.0576. The number of amides is 4. The number of nitrogens with zero attached hydrogens (tertiary/aromatic N) is 4. The van der Waals surface area contributed by atoms with Crippen LogP contribution in [-0.2, 0) is 9.59 Å². The molecule has 1 N–H and O–H groups in total. The summed E-state index contributed by atoms with van der Waals surface area (Å²) in [7, 11) is 3.50. The highest BCUT2D eigenvalue weighted by molar-refractivity contribution is 6.13. The number of nitrogens with one attached hydrogen (secondary N) is 1. The highest BCUT2D eigenvalue weighted by Crippen LogP contribution is 2.35. The van der Waals surface area contributed by atoms with E-state index in [0.29, 0.717) is 47.0 Å². The number of para-hydroxylation sites is 2. The maximum atomic E-state index is 14.1. The average Bonchev–Trinajstić information content (AvgIpc) is 3.24. The Kier molecular flexibility index (Phi) is 9.54. The number of carbonyl (C=O) groups is 4. The van der Waals surface area contributed by atoms with Crippen molar-refractivity contribution in [3.05, 3.63) is 108 Å². The molecule has 4 amide bonds. The number of hydrogen-bond acceptors (Lipinski definition) is 6. The van der Waals surface area contributed by atoms with Gasteiger partial charge < -0.3 is 29.7 Å². The van der Waals surface area contributed by atoms with Gasteiger partial charge in [0, 0.05) is 50.3 Å². The second-order valence-electron chi connectivity index (χ2n) is 12.1. The molecule has 1 fully saturated rings. The summed E-state index contributed by atoms with van der Waals surface area (Å²) < 4.78 is 5.63. The molecule has 2 heterocycles. The highest BCUT2D eigenvalue weighted by atomic mass is 16.5. The molecule has 10 nitrogen and oxygen atoms in total. The number of hydrogen-bond donors (Lipinski definition) is 1. The molecule has 0 saturated carbocycles. The number of rotatable bonds is 7. The summed E-state index contributed by atoms with van der Waals surface area (Å²) in [5.74, 6) is -0.657. The van der Waals surface area contributed by atoms with E-state index in [1.54, 1.807) is 52.3 Å². The number of methoxy groups -OCH3 is 1. The van der Waals surface area contributed by atoms with E-state index in [1.165, 1.54) is 12.0 Å². The van der Waals surface area contributed by atoms with Crippen molar-refractivity contribution in [2.75, 3.05) is 68.5 Å². The second kappa shape index (κ2) is 14.1. The number of carbonyl (C=O) groups excluding carboxylic acids is 4. The quantitative estimate of drug-likeness (QED) is 0.301. The van der Waals surface area contributed by atoms with Crippen LogP contribution in [0, 0.1) is 6.92 Å². The number of aryl methyl sites for hydroxylation is 1. The maximum absolute atomic E-state index is 14.1. The van der Waals surface area contributed by atoms with Crippen molar-refractivity contribution in [3.8, 4) is 16.9 Å². The molecule has 4 aromatic rings. The molecule has 0 radical (unpaired) electrons. The van der Waals surface area contributed by atoms with Gasteiger partial charge in [-0.3, -0.25) is 19.2 Å². The Morgan fingerprint density at radius 1 is 0.812 bits per heavy atom. The molecule has 48 heavy (non-hydrogen) atoms. The summed E-state index contributed by atoms with van der Waals surface area (Å²) in [5, 5.41) is 2.95. The van der Waals surface area contributed by atoms with E-state index in [0.717, 1.165) is 29.8 Å². The third-order valence-corrected chi connectivity index (χ3v) is 8.94. The first-order valence-electron chi connectivity index (χ1n) is 16.1. The summed E-state index contributed by atoms with van der Waals surface area (Å²) in [6, 6.07) is 27.4. The predicted octanol–water partition coefficient (Wildman–Crippen LogP) is 5.08. The number of piperazine rings is 1. The number of likely N-dealkylation sites (N-methyl/N-ethyl adjacent to an activating group) is 1. The first-order valence-corrected chi connectivity index (χ1v) is 16.1. The van der Waals surface area contributed by atoms with Crippen molar-refractivity contribution < 1.29 is 23.9 Å². The normalized spacial score (nSPS) is 15.1. The zero-order valence-electron chi connectivity index (χ0n) is 27.4. The van der Waals surface area contributed by atoms with Crippen LogP contribution in [0.1, 0.15) is 32.7 Å². The van der Waals surface area contributed by atoms with Crippen molar-refractivity contribution in [1.82, 2.24) is 9.80 Å². The van der Waals surface area contributed by atoms with Crippen LogP contribution in [0.25, 0.3) is 11.1 Å². The molecule has 2 aliphatic rings. The largest absolute Gasteiger partial charge is 0.495 e. The Labute approximate surface area is 280 Å². The van der Waals surface area contributed by atoms with Gasteiger partial charge in [-0.25, -0.2) is 0 Å². The Balaban J connectivity index is 1.23. The lowest BCUT2D eigenvalue weighted by molar-refractivity contribution is -0.132. The number of anilines is 3. The molecule has 246 valence electrons. The van der Waals surface area contributed by atoms with Gasteiger partial charge in [-0.15, -0.1) is 0 Å². The van der Waals surface area contributed by atoms with E-state index in [2.05, 4.69) is 10.2 Å². The van der Waals surface area contributed by atoms with Gasteiger partial charge >= 0.3 is 0 Å². The van der Waals surface area contributed by atoms with E-state index in [4.69, 9.17) is 4.74 Å². The van der Waals surface area contributed by atoms with E-state index < -0.39 is 0 Å². The first kappa shape index (κ1) is 32.5. The first-order chi connectivity index (χ1) is 23.2. The molecular formula is C38H39N5O5. The van der Waals surface area contributed by atoms with Gasteiger partial charge in [-0.1, -0.05) is 60.2 Å². The van der Waals surface area contributed by atoms with Crippen molar-refractivity contribution >= 4 is 40.7 Å². The van der Waals surface area contributed by atoms with Gasteiger partial charge in [0.15, 0.2) is 0 Å². The summed E-state index contributed by atoms with van der Waals surface area (Å²) >= 11 is 0. The summed E-state index contributed by atoms with van der Waals surface area (Å²) in [5.41, 5.74) is 5.16. The fraction of sp³-hybridized carbons (Fsp3) is 0.263. The zero-order valence-corrected chi connectivity index (χ0v) is 27.4. The maximum Gasteiger partial charge on any atom is 0.258 e.